The molecule has 0 spiro atoms. The lowest BCUT2D eigenvalue weighted by atomic mass is 10.0. The van der Waals surface area contributed by atoms with Crippen LogP contribution in [0.2, 0.25) is 0 Å². The van der Waals surface area contributed by atoms with E-state index in [0.717, 1.165) is 16.9 Å². The summed E-state index contributed by atoms with van der Waals surface area (Å²) in [6.45, 7) is 2.41. The molecule has 0 aliphatic carbocycles. The standard InChI is InChI=1S/C17H20FNO2/c1-12(19-2)13-7-8-17(20-3)14(9-13)11-21-16-6-4-5-15(18)10-16/h4-10,12,19H,11H2,1-3H3. The molecule has 0 fully saturated rings. The number of halogens is 1. The van der Waals surface area contributed by atoms with Crippen LogP contribution >= 0.6 is 0 Å². The molecule has 2 rings (SSSR count). The van der Waals surface area contributed by atoms with E-state index in [1.54, 1.807) is 19.2 Å². The minimum Gasteiger partial charge on any atom is -0.496 e. The molecule has 0 aliphatic heterocycles. The second kappa shape index (κ2) is 7.09. The zero-order chi connectivity index (χ0) is 15.2. The van der Waals surface area contributed by atoms with Gasteiger partial charge in [-0.15, -0.1) is 0 Å². The Labute approximate surface area is 124 Å². The number of hydrogen-bond acceptors (Lipinski definition) is 3. The number of methoxy groups -OCH3 is 1. The maximum absolute atomic E-state index is 13.1. The predicted octanol–water partition coefficient (Wildman–Crippen LogP) is 3.69. The summed E-state index contributed by atoms with van der Waals surface area (Å²) in [6, 6.07) is 12.3. The third-order valence-corrected chi connectivity index (χ3v) is 3.43. The van der Waals surface area contributed by atoms with E-state index >= 15 is 0 Å². The second-order valence-corrected chi connectivity index (χ2v) is 4.83. The van der Waals surface area contributed by atoms with Gasteiger partial charge in [-0.1, -0.05) is 12.1 Å². The normalized spacial score (nSPS) is 12.0. The van der Waals surface area contributed by atoms with Gasteiger partial charge in [0.05, 0.1) is 7.11 Å². The van der Waals surface area contributed by atoms with Gasteiger partial charge in [-0.25, -0.2) is 4.39 Å². The van der Waals surface area contributed by atoms with Gasteiger partial charge in [0.15, 0.2) is 0 Å². The molecule has 0 radical (unpaired) electrons. The smallest absolute Gasteiger partial charge is 0.126 e. The lowest BCUT2D eigenvalue weighted by Gasteiger charge is -2.15. The van der Waals surface area contributed by atoms with Crippen molar-refractivity contribution >= 4 is 0 Å². The lowest BCUT2D eigenvalue weighted by Crippen LogP contribution is -2.13. The van der Waals surface area contributed by atoms with Crippen molar-refractivity contribution in [3.05, 3.63) is 59.4 Å². The highest BCUT2D eigenvalue weighted by Crippen LogP contribution is 2.25. The van der Waals surface area contributed by atoms with Crippen LogP contribution in [0.5, 0.6) is 11.5 Å². The highest BCUT2D eigenvalue weighted by atomic mass is 19.1. The molecule has 0 saturated heterocycles. The summed E-state index contributed by atoms with van der Waals surface area (Å²) in [6.07, 6.45) is 0. The molecule has 2 aromatic rings. The number of ether oxygens (including phenoxy) is 2. The van der Waals surface area contributed by atoms with Crippen LogP contribution in [0.25, 0.3) is 0 Å². The Hall–Kier alpha value is -2.07. The summed E-state index contributed by atoms with van der Waals surface area (Å²) in [7, 11) is 3.54. The lowest BCUT2D eigenvalue weighted by molar-refractivity contribution is 0.295. The first kappa shape index (κ1) is 15.3. The first-order valence-corrected chi connectivity index (χ1v) is 6.86. The molecule has 1 unspecified atom stereocenters. The Morgan fingerprint density at radius 1 is 1.19 bits per heavy atom. The van der Waals surface area contributed by atoms with Crippen LogP contribution in [0.3, 0.4) is 0 Å². The number of hydrogen-bond donors (Lipinski definition) is 1. The summed E-state index contributed by atoms with van der Waals surface area (Å²) < 4.78 is 24.1. The Morgan fingerprint density at radius 3 is 2.67 bits per heavy atom. The van der Waals surface area contributed by atoms with Crippen molar-refractivity contribution in [1.82, 2.24) is 5.32 Å². The molecule has 0 aromatic heterocycles. The summed E-state index contributed by atoms with van der Waals surface area (Å²) in [5.41, 5.74) is 2.08. The van der Waals surface area contributed by atoms with Crippen LogP contribution in [-0.4, -0.2) is 14.2 Å². The third-order valence-electron chi connectivity index (χ3n) is 3.43. The minimum absolute atomic E-state index is 0.240. The minimum atomic E-state index is -0.308. The summed E-state index contributed by atoms with van der Waals surface area (Å²) in [5.74, 6) is 0.958. The van der Waals surface area contributed by atoms with Crippen molar-refractivity contribution < 1.29 is 13.9 Å². The Bertz CT molecular complexity index is 601. The van der Waals surface area contributed by atoms with Gasteiger partial charge in [-0.3, -0.25) is 0 Å². The van der Waals surface area contributed by atoms with E-state index in [-0.39, 0.29) is 11.9 Å². The Kier molecular flexibility index (Phi) is 5.17. The molecule has 0 amide bonds. The van der Waals surface area contributed by atoms with Crippen molar-refractivity contribution in [1.29, 1.82) is 0 Å². The molecular formula is C17H20FNO2. The number of nitrogens with one attached hydrogen (secondary N) is 1. The fourth-order valence-electron chi connectivity index (χ4n) is 2.07. The van der Waals surface area contributed by atoms with Crippen molar-refractivity contribution in [3.8, 4) is 11.5 Å². The second-order valence-electron chi connectivity index (χ2n) is 4.83. The molecule has 3 nitrogen and oxygen atoms in total. The van der Waals surface area contributed by atoms with Gasteiger partial charge in [0.2, 0.25) is 0 Å². The molecule has 1 N–H and O–H groups in total. The van der Waals surface area contributed by atoms with E-state index in [1.165, 1.54) is 12.1 Å². The molecule has 1 atom stereocenters. The van der Waals surface area contributed by atoms with E-state index in [9.17, 15) is 4.39 Å². The maximum atomic E-state index is 13.1. The van der Waals surface area contributed by atoms with Gasteiger partial charge in [0.25, 0.3) is 0 Å². The molecule has 4 heteroatoms. The van der Waals surface area contributed by atoms with E-state index in [2.05, 4.69) is 12.2 Å². The van der Waals surface area contributed by atoms with Crippen LogP contribution in [-0.2, 0) is 6.61 Å². The average molecular weight is 289 g/mol. The molecule has 0 heterocycles. The van der Waals surface area contributed by atoms with Gasteiger partial charge >= 0.3 is 0 Å². The highest BCUT2D eigenvalue weighted by molar-refractivity contribution is 5.38. The van der Waals surface area contributed by atoms with Crippen molar-refractivity contribution in [3.63, 3.8) is 0 Å². The molecule has 2 aromatic carbocycles. The molecule has 0 bridgehead atoms. The predicted molar refractivity (Wildman–Crippen MR) is 81.2 cm³/mol. The van der Waals surface area contributed by atoms with Crippen LogP contribution in [0.15, 0.2) is 42.5 Å². The van der Waals surface area contributed by atoms with E-state index in [1.807, 2.05) is 25.2 Å². The number of benzene rings is 2. The fraction of sp³-hybridized carbons (Fsp3) is 0.294. The van der Waals surface area contributed by atoms with Crippen LogP contribution in [0.4, 0.5) is 4.39 Å². The van der Waals surface area contributed by atoms with Crippen molar-refractivity contribution in [2.24, 2.45) is 0 Å². The Morgan fingerprint density at radius 2 is 2.00 bits per heavy atom. The summed E-state index contributed by atoms with van der Waals surface area (Å²) >= 11 is 0. The highest BCUT2D eigenvalue weighted by Gasteiger charge is 2.09. The number of rotatable bonds is 6. The van der Waals surface area contributed by atoms with Crippen molar-refractivity contribution in [2.75, 3.05) is 14.2 Å². The van der Waals surface area contributed by atoms with E-state index in [4.69, 9.17) is 9.47 Å². The van der Waals surface area contributed by atoms with Crippen LogP contribution < -0.4 is 14.8 Å². The zero-order valence-corrected chi connectivity index (χ0v) is 12.5. The topological polar surface area (TPSA) is 30.5 Å². The monoisotopic (exact) mass is 289 g/mol. The Balaban J connectivity index is 2.17. The van der Waals surface area contributed by atoms with Crippen LogP contribution in [0.1, 0.15) is 24.1 Å². The van der Waals surface area contributed by atoms with Gasteiger partial charge < -0.3 is 14.8 Å². The SMILES string of the molecule is CNC(C)c1ccc(OC)c(COc2cccc(F)c2)c1. The van der Waals surface area contributed by atoms with E-state index < -0.39 is 0 Å². The first-order valence-electron chi connectivity index (χ1n) is 6.86. The molecule has 21 heavy (non-hydrogen) atoms. The maximum Gasteiger partial charge on any atom is 0.126 e. The van der Waals surface area contributed by atoms with Crippen LogP contribution in [0, 0.1) is 5.82 Å². The van der Waals surface area contributed by atoms with Crippen molar-refractivity contribution in [2.45, 2.75) is 19.6 Å². The first-order chi connectivity index (χ1) is 10.1. The largest absolute Gasteiger partial charge is 0.496 e. The van der Waals surface area contributed by atoms with Gasteiger partial charge in [0.1, 0.15) is 23.9 Å². The van der Waals surface area contributed by atoms with Gasteiger partial charge in [-0.2, -0.15) is 0 Å². The third kappa shape index (κ3) is 3.95. The molecular weight excluding hydrogens is 269 g/mol. The molecule has 0 saturated carbocycles. The summed E-state index contributed by atoms with van der Waals surface area (Å²) in [5, 5.41) is 3.20. The molecule has 112 valence electrons. The molecule has 0 aliphatic rings. The average Bonchev–Trinajstić information content (AvgIpc) is 2.52. The van der Waals surface area contributed by atoms with E-state index in [0.29, 0.717) is 12.4 Å². The quantitative estimate of drug-likeness (QED) is 0.879. The van der Waals surface area contributed by atoms with Gasteiger partial charge in [0, 0.05) is 17.7 Å². The summed E-state index contributed by atoms with van der Waals surface area (Å²) in [4.78, 5) is 0. The fourth-order valence-corrected chi connectivity index (χ4v) is 2.07. The van der Waals surface area contributed by atoms with Gasteiger partial charge in [-0.05, 0) is 43.8 Å². The zero-order valence-electron chi connectivity index (χ0n) is 12.5.